The molecule has 2 N–H and O–H groups in total. The van der Waals surface area contributed by atoms with Crippen LogP contribution >= 0.6 is 31.9 Å². The molecule has 0 atom stereocenters. The van der Waals surface area contributed by atoms with Gasteiger partial charge in [-0.25, -0.2) is 0 Å². The first-order valence-corrected chi connectivity index (χ1v) is 8.62. The van der Waals surface area contributed by atoms with Crippen molar-refractivity contribution in [3.05, 3.63) is 26.6 Å². The van der Waals surface area contributed by atoms with Crippen LogP contribution in [-0.2, 0) is 4.79 Å². The van der Waals surface area contributed by atoms with Crippen LogP contribution in [0.2, 0.25) is 0 Å². The van der Waals surface area contributed by atoms with Crippen LogP contribution in [0, 0.1) is 6.92 Å². The number of carbonyl (C=O) groups is 1. The summed E-state index contributed by atoms with van der Waals surface area (Å²) >= 11 is 6.93. The van der Waals surface area contributed by atoms with Gasteiger partial charge in [-0.15, -0.1) is 0 Å². The van der Waals surface area contributed by atoms with Crippen molar-refractivity contribution in [2.24, 2.45) is 0 Å². The monoisotopic (exact) mass is 418 g/mol. The number of hydrogen-bond acceptors (Lipinski definition) is 3. The van der Waals surface area contributed by atoms with E-state index in [1.165, 1.54) is 0 Å². The van der Waals surface area contributed by atoms with Gasteiger partial charge in [-0.2, -0.15) is 0 Å². The van der Waals surface area contributed by atoms with E-state index in [9.17, 15) is 9.90 Å². The van der Waals surface area contributed by atoms with Crippen LogP contribution in [0.1, 0.15) is 25.3 Å². The van der Waals surface area contributed by atoms with Gasteiger partial charge >= 0.3 is 0 Å². The molecule has 6 heteroatoms. The molecule has 4 nitrogen and oxygen atoms in total. The number of carbonyl (C=O) groups excluding carboxylic acids is 1. The van der Waals surface area contributed by atoms with Crippen molar-refractivity contribution in [2.45, 2.75) is 32.3 Å². The number of nitrogens with zero attached hydrogens (tertiary/aromatic N) is 1. The molecule has 1 aliphatic rings. The summed E-state index contributed by atoms with van der Waals surface area (Å²) in [4.78, 5) is 14.1. The summed E-state index contributed by atoms with van der Waals surface area (Å²) in [6.07, 6.45) is 1.75. The van der Waals surface area contributed by atoms with E-state index in [2.05, 4.69) is 44.1 Å². The third-order valence-electron chi connectivity index (χ3n) is 3.57. The van der Waals surface area contributed by atoms with E-state index in [1.807, 2.05) is 24.0 Å². The number of hydrogen-bond donors (Lipinski definition) is 2. The van der Waals surface area contributed by atoms with E-state index in [0.717, 1.165) is 33.0 Å². The first-order chi connectivity index (χ1) is 9.83. The van der Waals surface area contributed by atoms with Crippen molar-refractivity contribution in [2.75, 3.05) is 25.0 Å². The number of likely N-dealkylation sites (tertiary alicyclic amines) is 1. The summed E-state index contributed by atoms with van der Waals surface area (Å²) in [5, 5.41) is 13.0. The van der Waals surface area contributed by atoms with Gasteiger partial charge in [0.1, 0.15) is 0 Å². The highest BCUT2D eigenvalue weighted by molar-refractivity contribution is 9.11. The smallest absolute Gasteiger partial charge is 0.238 e. The molecule has 1 saturated heterocycles. The van der Waals surface area contributed by atoms with Crippen molar-refractivity contribution in [3.63, 3.8) is 0 Å². The molecule has 1 aromatic carbocycles. The Morgan fingerprint density at radius 1 is 1.38 bits per heavy atom. The Hall–Kier alpha value is -0.430. The number of aryl methyl sites for hydroxylation is 1. The second-order valence-electron chi connectivity index (χ2n) is 5.77. The number of benzene rings is 1. The molecule has 2 rings (SSSR count). The van der Waals surface area contributed by atoms with Gasteiger partial charge in [-0.05, 0) is 62.9 Å². The second kappa shape index (κ2) is 6.77. The summed E-state index contributed by atoms with van der Waals surface area (Å²) in [6.45, 7) is 5.50. The molecule has 0 bridgehead atoms. The van der Waals surface area contributed by atoms with Crippen LogP contribution < -0.4 is 5.32 Å². The molecule has 21 heavy (non-hydrogen) atoms. The molecule has 0 aliphatic carbocycles. The van der Waals surface area contributed by atoms with Gasteiger partial charge in [-0.3, -0.25) is 9.69 Å². The number of β-amino-alcohol motifs (C(OH)–C–C–N with tert-alkyl or cyclic N) is 1. The van der Waals surface area contributed by atoms with Crippen LogP contribution in [-0.4, -0.2) is 41.1 Å². The highest BCUT2D eigenvalue weighted by atomic mass is 79.9. The number of amides is 1. The Kier molecular flexibility index (Phi) is 5.46. The van der Waals surface area contributed by atoms with Crippen molar-refractivity contribution >= 4 is 43.5 Å². The standard InChI is InChI=1S/C15H20Br2N2O2/c1-3-4-15(21)8-19(9-15)7-13(20)18-14-11(16)5-10(2)6-12(14)17/h5-6,21H,3-4,7-9H2,1-2H3,(H,18,20). The molecule has 1 aliphatic heterocycles. The van der Waals surface area contributed by atoms with E-state index >= 15 is 0 Å². The fraction of sp³-hybridized carbons (Fsp3) is 0.533. The minimum Gasteiger partial charge on any atom is -0.387 e. The molecule has 1 heterocycles. The zero-order valence-corrected chi connectivity index (χ0v) is 15.4. The van der Waals surface area contributed by atoms with E-state index < -0.39 is 5.60 Å². The minimum atomic E-state index is -0.597. The Morgan fingerprint density at radius 3 is 2.48 bits per heavy atom. The third-order valence-corrected chi connectivity index (χ3v) is 4.82. The molecular weight excluding hydrogens is 400 g/mol. The second-order valence-corrected chi connectivity index (χ2v) is 7.48. The van der Waals surface area contributed by atoms with Crippen LogP contribution in [0.5, 0.6) is 0 Å². The SMILES string of the molecule is CCCC1(O)CN(CC(=O)Nc2c(Br)cc(C)cc2Br)C1. The van der Waals surface area contributed by atoms with Crippen molar-refractivity contribution in [1.82, 2.24) is 4.90 Å². The first-order valence-electron chi connectivity index (χ1n) is 7.03. The molecule has 0 radical (unpaired) electrons. The maximum atomic E-state index is 12.1. The molecule has 0 unspecified atom stereocenters. The number of nitrogens with one attached hydrogen (secondary N) is 1. The normalized spacial score (nSPS) is 17.4. The van der Waals surface area contributed by atoms with E-state index in [4.69, 9.17) is 0 Å². The minimum absolute atomic E-state index is 0.0706. The first kappa shape index (κ1) is 16.9. The van der Waals surface area contributed by atoms with Crippen LogP contribution in [0.3, 0.4) is 0 Å². The maximum absolute atomic E-state index is 12.1. The topological polar surface area (TPSA) is 52.6 Å². The lowest BCUT2D eigenvalue weighted by Gasteiger charge is -2.46. The molecular formula is C15H20Br2N2O2. The van der Waals surface area contributed by atoms with Gasteiger partial charge < -0.3 is 10.4 Å². The number of halogens is 2. The van der Waals surface area contributed by atoms with Crippen LogP contribution in [0.4, 0.5) is 5.69 Å². The number of anilines is 1. The molecule has 0 spiro atoms. The fourth-order valence-corrected chi connectivity index (χ4v) is 4.34. The van der Waals surface area contributed by atoms with Crippen LogP contribution in [0.25, 0.3) is 0 Å². The molecule has 1 fully saturated rings. The average Bonchev–Trinajstić information content (AvgIpc) is 2.32. The van der Waals surface area contributed by atoms with Crippen molar-refractivity contribution < 1.29 is 9.90 Å². The number of rotatable bonds is 5. The van der Waals surface area contributed by atoms with Gasteiger partial charge in [-0.1, -0.05) is 13.3 Å². The molecule has 0 saturated carbocycles. The lowest BCUT2D eigenvalue weighted by Crippen LogP contribution is -2.62. The summed E-state index contributed by atoms with van der Waals surface area (Å²) in [5.41, 5.74) is 1.26. The Balaban J connectivity index is 1.89. The molecule has 1 amide bonds. The number of aliphatic hydroxyl groups is 1. The summed E-state index contributed by atoms with van der Waals surface area (Å²) in [7, 11) is 0. The highest BCUT2D eigenvalue weighted by Gasteiger charge is 2.40. The quantitative estimate of drug-likeness (QED) is 0.769. The third kappa shape index (κ3) is 4.28. The van der Waals surface area contributed by atoms with E-state index in [-0.39, 0.29) is 5.91 Å². The lowest BCUT2D eigenvalue weighted by molar-refractivity contribution is -0.129. The molecule has 1 aromatic rings. The zero-order valence-electron chi connectivity index (χ0n) is 12.2. The van der Waals surface area contributed by atoms with Gasteiger partial charge in [0.2, 0.25) is 5.91 Å². The molecule has 116 valence electrons. The van der Waals surface area contributed by atoms with Crippen LogP contribution in [0.15, 0.2) is 21.1 Å². The predicted molar refractivity (Wildman–Crippen MR) is 91.5 cm³/mol. The summed E-state index contributed by atoms with van der Waals surface area (Å²) < 4.78 is 1.71. The Bertz CT molecular complexity index is 519. The fourth-order valence-electron chi connectivity index (χ4n) is 2.72. The Morgan fingerprint density at radius 2 is 1.95 bits per heavy atom. The van der Waals surface area contributed by atoms with Gasteiger partial charge in [0.25, 0.3) is 0 Å². The van der Waals surface area contributed by atoms with Crippen molar-refractivity contribution in [1.29, 1.82) is 0 Å². The maximum Gasteiger partial charge on any atom is 0.238 e. The predicted octanol–water partition coefficient (Wildman–Crippen LogP) is 3.31. The average molecular weight is 420 g/mol. The summed E-state index contributed by atoms with van der Waals surface area (Å²) in [6, 6.07) is 3.92. The lowest BCUT2D eigenvalue weighted by atomic mass is 9.89. The van der Waals surface area contributed by atoms with Gasteiger partial charge in [0.15, 0.2) is 0 Å². The van der Waals surface area contributed by atoms with E-state index in [1.54, 1.807) is 0 Å². The highest BCUT2D eigenvalue weighted by Crippen LogP contribution is 2.32. The zero-order chi connectivity index (χ0) is 15.6. The summed E-state index contributed by atoms with van der Waals surface area (Å²) in [5.74, 6) is -0.0706. The van der Waals surface area contributed by atoms with Crippen molar-refractivity contribution in [3.8, 4) is 0 Å². The van der Waals surface area contributed by atoms with E-state index in [0.29, 0.717) is 19.6 Å². The Labute approximate surface area is 142 Å². The molecule has 0 aromatic heterocycles. The van der Waals surface area contributed by atoms with Gasteiger partial charge in [0, 0.05) is 22.0 Å². The van der Waals surface area contributed by atoms with Gasteiger partial charge in [0.05, 0.1) is 17.8 Å². The largest absolute Gasteiger partial charge is 0.387 e.